The summed E-state index contributed by atoms with van der Waals surface area (Å²) in [6.07, 6.45) is 2.32. The first kappa shape index (κ1) is 17.3. The molecule has 1 saturated heterocycles. The summed E-state index contributed by atoms with van der Waals surface area (Å²) in [6, 6.07) is 5.43. The summed E-state index contributed by atoms with van der Waals surface area (Å²) in [5, 5.41) is 7.02. The molecule has 112 valence electrons. The molecule has 0 saturated carbocycles. The zero-order valence-corrected chi connectivity index (χ0v) is 13.5. The minimum atomic E-state index is -0.0441. The Kier molecular flexibility index (Phi) is 6.31. The van der Waals surface area contributed by atoms with E-state index in [1.165, 1.54) is 6.42 Å². The van der Waals surface area contributed by atoms with Crippen LogP contribution in [0.5, 0.6) is 0 Å². The molecule has 0 aromatic heterocycles. The van der Waals surface area contributed by atoms with Crippen molar-refractivity contribution in [3.63, 3.8) is 0 Å². The first-order valence-electron chi connectivity index (χ1n) is 6.75. The summed E-state index contributed by atoms with van der Waals surface area (Å²) in [5.41, 5.74) is 1.79. The van der Waals surface area contributed by atoms with Gasteiger partial charge in [-0.2, -0.15) is 0 Å². The number of carbonyl (C=O) groups excluding carboxylic acids is 1. The van der Waals surface area contributed by atoms with Crippen molar-refractivity contribution in [2.75, 3.05) is 19.6 Å². The van der Waals surface area contributed by atoms with Gasteiger partial charge in [0, 0.05) is 23.7 Å². The van der Waals surface area contributed by atoms with Gasteiger partial charge in [0.1, 0.15) is 0 Å². The Balaban J connectivity index is 0.00000200. The highest BCUT2D eigenvalue weighted by molar-refractivity contribution is 6.31. The highest BCUT2D eigenvalue weighted by Crippen LogP contribution is 2.24. The van der Waals surface area contributed by atoms with E-state index in [9.17, 15) is 4.79 Å². The summed E-state index contributed by atoms with van der Waals surface area (Å²) in [6.45, 7) is 6.89. The topological polar surface area (TPSA) is 41.1 Å². The summed E-state index contributed by atoms with van der Waals surface area (Å²) < 4.78 is 0. The van der Waals surface area contributed by atoms with Crippen LogP contribution < -0.4 is 10.6 Å². The number of hydrogen-bond donors (Lipinski definition) is 2. The quantitative estimate of drug-likeness (QED) is 0.899. The van der Waals surface area contributed by atoms with Gasteiger partial charge in [0.2, 0.25) is 0 Å². The van der Waals surface area contributed by atoms with Crippen molar-refractivity contribution in [1.29, 1.82) is 0 Å². The molecule has 1 aliphatic rings. The molecule has 0 radical (unpaired) electrons. The van der Waals surface area contributed by atoms with Crippen molar-refractivity contribution in [2.24, 2.45) is 5.41 Å². The molecule has 1 unspecified atom stereocenters. The van der Waals surface area contributed by atoms with Gasteiger partial charge in [-0.1, -0.05) is 18.5 Å². The number of halogens is 2. The van der Waals surface area contributed by atoms with Crippen molar-refractivity contribution in [3.8, 4) is 0 Å². The maximum atomic E-state index is 12.1. The molecule has 0 bridgehead atoms. The van der Waals surface area contributed by atoms with Crippen LogP contribution in [0, 0.1) is 12.3 Å². The predicted molar refractivity (Wildman–Crippen MR) is 86.0 cm³/mol. The van der Waals surface area contributed by atoms with Gasteiger partial charge in [0.05, 0.1) is 0 Å². The number of piperidine rings is 1. The van der Waals surface area contributed by atoms with Crippen LogP contribution >= 0.6 is 24.0 Å². The zero-order chi connectivity index (χ0) is 13.9. The van der Waals surface area contributed by atoms with Crippen molar-refractivity contribution in [1.82, 2.24) is 10.6 Å². The Hall–Kier alpha value is -0.770. The number of aryl methyl sites for hydroxylation is 1. The lowest BCUT2D eigenvalue weighted by molar-refractivity contribution is 0.0924. The van der Waals surface area contributed by atoms with Gasteiger partial charge in [-0.3, -0.25) is 4.79 Å². The van der Waals surface area contributed by atoms with Crippen LogP contribution in [-0.2, 0) is 0 Å². The maximum Gasteiger partial charge on any atom is 0.251 e. The molecule has 3 nitrogen and oxygen atoms in total. The lowest BCUT2D eigenvalue weighted by atomic mass is 9.83. The number of rotatable bonds is 3. The molecule has 1 amide bonds. The lowest BCUT2D eigenvalue weighted by Gasteiger charge is -2.34. The standard InChI is InChI=1S/C15H21ClN2O.ClH/c1-11-6-12(8-13(16)7-11)14(19)18-10-15(2)4-3-5-17-9-15;/h6-8,17H,3-5,9-10H2,1-2H3,(H,18,19);1H. The minimum Gasteiger partial charge on any atom is -0.351 e. The van der Waals surface area contributed by atoms with Crippen LogP contribution in [0.1, 0.15) is 35.7 Å². The van der Waals surface area contributed by atoms with Gasteiger partial charge in [-0.05, 0) is 55.5 Å². The fraction of sp³-hybridized carbons (Fsp3) is 0.533. The van der Waals surface area contributed by atoms with E-state index >= 15 is 0 Å². The van der Waals surface area contributed by atoms with E-state index in [1.807, 2.05) is 19.1 Å². The van der Waals surface area contributed by atoms with E-state index < -0.39 is 0 Å². The molecule has 20 heavy (non-hydrogen) atoms. The molecule has 1 aliphatic heterocycles. The largest absolute Gasteiger partial charge is 0.351 e. The first-order chi connectivity index (χ1) is 8.98. The van der Waals surface area contributed by atoms with Gasteiger partial charge in [-0.15, -0.1) is 12.4 Å². The van der Waals surface area contributed by atoms with Crippen molar-refractivity contribution >= 4 is 29.9 Å². The lowest BCUT2D eigenvalue weighted by Crippen LogP contribution is -2.45. The molecule has 2 rings (SSSR count). The smallest absolute Gasteiger partial charge is 0.251 e. The van der Waals surface area contributed by atoms with Crippen LogP contribution in [0.15, 0.2) is 18.2 Å². The highest BCUT2D eigenvalue weighted by atomic mass is 35.5. The average molecular weight is 317 g/mol. The van der Waals surface area contributed by atoms with E-state index in [0.29, 0.717) is 17.1 Å². The number of nitrogens with one attached hydrogen (secondary N) is 2. The van der Waals surface area contributed by atoms with Gasteiger partial charge in [0.25, 0.3) is 5.91 Å². The summed E-state index contributed by atoms with van der Waals surface area (Å²) >= 11 is 5.98. The molecule has 2 N–H and O–H groups in total. The van der Waals surface area contributed by atoms with Gasteiger partial charge in [0.15, 0.2) is 0 Å². The van der Waals surface area contributed by atoms with Gasteiger partial charge >= 0.3 is 0 Å². The summed E-state index contributed by atoms with van der Waals surface area (Å²) in [7, 11) is 0. The van der Waals surface area contributed by atoms with Crippen LogP contribution in [0.25, 0.3) is 0 Å². The Morgan fingerprint density at radius 2 is 2.20 bits per heavy atom. The minimum absolute atomic E-state index is 0. The van der Waals surface area contributed by atoms with Gasteiger partial charge in [-0.25, -0.2) is 0 Å². The summed E-state index contributed by atoms with van der Waals surface area (Å²) in [5.74, 6) is -0.0441. The maximum absolute atomic E-state index is 12.1. The Labute approximate surface area is 131 Å². The molecular formula is C15H22Cl2N2O. The SMILES string of the molecule is Cc1cc(Cl)cc(C(=O)NCC2(C)CCCNC2)c1.Cl. The Bertz CT molecular complexity index is 451. The Morgan fingerprint density at radius 1 is 1.45 bits per heavy atom. The number of benzene rings is 1. The third-order valence-electron chi connectivity index (χ3n) is 3.67. The number of amides is 1. The van der Waals surface area contributed by atoms with Crippen molar-refractivity contribution in [3.05, 3.63) is 34.3 Å². The van der Waals surface area contributed by atoms with E-state index in [4.69, 9.17) is 11.6 Å². The van der Waals surface area contributed by atoms with Crippen LogP contribution in [0.3, 0.4) is 0 Å². The van der Waals surface area contributed by atoms with E-state index in [0.717, 1.165) is 25.1 Å². The monoisotopic (exact) mass is 316 g/mol. The van der Waals surface area contributed by atoms with E-state index in [-0.39, 0.29) is 23.7 Å². The highest BCUT2D eigenvalue weighted by Gasteiger charge is 2.27. The normalized spacial score (nSPS) is 21.9. The van der Waals surface area contributed by atoms with Crippen LogP contribution in [0.4, 0.5) is 0 Å². The third kappa shape index (κ3) is 4.65. The van der Waals surface area contributed by atoms with Crippen LogP contribution in [0.2, 0.25) is 5.02 Å². The van der Waals surface area contributed by atoms with Crippen molar-refractivity contribution < 1.29 is 4.79 Å². The molecule has 1 heterocycles. The molecule has 1 aromatic carbocycles. The predicted octanol–water partition coefficient (Wildman–Crippen LogP) is 3.19. The average Bonchev–Trinajstić information content (AvgIpc) is 2.36. The summed E-state index contributed by atoms with van der Waals surface area (Å²) in [4.78, 5) is 12.1. The third-order valence-corrected chi connectivity index (χ3v) is 3.88. The van der Waals surface area contributed by atoms with E-state index in [1.54, 1.807) is 6.07 Å². The van der Waals surface area contributed by atoms with Crippen LogP contribution in [-0.4, -0.2) is 25.5 Å². The molecule has 1 fully saturated rings. The Morgan fingerprint density at radius 3 is 2.80 bits per heavy atom. The fourth-order valence-corrected chi connectivity index (χ4v) is 2.82. The number of hydrogen-bond acceptors (Lipinski definition) is 2. The molecule has 1 aromatic rings. The molecule has 0 spiro atoms. The molecule has 1 atom stereocenters. The number of carbonyl (C=O) groups is 1. The fourth-order valence-electron chi connectivity index (χ4n) is 2.53. The molecule has 0 aliphatic carbocycles. The first-order valence-corrected chi connectivity index (χ1v) is 7.12. The second kappa shape index (κ2) is 7.30. The van der Waals surface area contributed by atoms with E-state index in [2.05, 4.69) is 17.6 Å². The zero-order valence-electron chi connectivity index (χ0n) is 12.0. The van der Waals surface area contributed by atoms with Gasteiger partial charge < -0.3 is 10.6 Å². The molecule has 5 heteroatoms. The van der Waals surface area contributed by atoms with Crippen molar-refractivity contribution in [2.45, 2.75) is 26.7 Å². The second-order valence-corrected chi connectivity index (χ2v) is 6.23. The molecular weight excluding hydrogens is 295 g/mol. The second-order valence-electron chi connectivity index (χ2n) is 5.79.